The van der Waals surface area contributed by atoms with E-state index in [-0.39, 0.29) is 34.6 Å². The number of amides is 2. The van der Waals surface area contributed by atoms with Gasteiger partial charge in [0.15, 0.2) is 0 Å². The number of anilines is 1. The molecule has 3 unspecified atom stereocenters. The summed E-state index contributed by atoms with van der Waals surface area (Å²) >= 11 is 14.8. The molecule has 2 aromatic carbocycles. The van der Waals surface area contributed by atoms with Crippen LogP contribution in [0.25, 0.3) is 0 Å². The number of carbonyl (C=O) groups excluding carboxylic acids is 3. The summed E-state index contributed by atoms with van der Waals surface area (Å²) in [5.74, 6) is -3.44. The summed E-state index contributed by atoms with van der Waals surface area (Å²) in [5, 5.41) is 10.9. The first-order chi connectivity index (χ1) is 18.1. The predicted octanol–water partition coefficient (Wildman–Crippen LogP) is 4.48. The van der Waals surface area contributed by atoms with Crippen molar-refractivity contribution in [2.45, 2.75) is 29.7 Å². The molecule has 10 nitrogen and oxygen atoms in total. The molecule has 14 heteroatoms. The standard InChI is InChI=1S/C24H17Cl2N3O7S2/c1-2-36-15(30)10-27-23-20(38-24(27)33)16(13-4-3-5-14(25)18(13)26)17-19(37-23)22(32)28(21(17)31)11-6-8-12(9-7-11)29(34)35/h3-9,16-17,19H,2,10H2,1H3. The van der Waals surface area contributed by atoms with Crippen LogP contribution in [0.5, 0.6) is 0 Å². The summed E-state index contributed by atoms with van der Waals surface area (Å²) in [4.78, 5) is 64.3. The number of carbonyl (C=O) groups is 3. The van der Waals surface area contributed by atoms with Crippen LogP contribution in [0.4, 0.5) is 11.4 Å². The van der Waals surface area contributed by atoms with Gasteiger partial charge in [-0.2, -0.15) is 0 Å². The molecule has 3 aromatic rings. The number of non-ortho nitro benzene ring substituents is 1. The number of thioether (sulfide) groups is 1. The van der Waals surface area contributed by atoms with Crippen LogP contribution >= 0.6 is 46.3 Å². The van der Waals surface area contributed by atoms with E-state index in [2.05, 4.69) is 0 Å². The van der Waals surface area contributed by atoms with E-state index < -0.39 is 44.7 Å². The Kier molecular flexibility index (Phi) is 7.07. The van der Waals surface area contributed by atoms with E-state index in [0.717, 1.165) is 28.0 Å². The average molecular weight is 594 g/mol. The summed E-state index contributed by atoms with van der Waals surface area (Å²) < 4.78 is 6.26. The molecule has 3 heterocycles. The Balaban J connectivity index is 1.65. The highest BCUT2D eigenvalue weighted by atomic mass is 35.5. The minimum atomic E-state index is -0.951. The first-order valence-corrected chi connectivity index (χ1v) is 13.7. The van der Waals surface area contributed by atoms with Crippen molar-refractivity contribution in [1.29, 1.82) is 0 Å². The number of aromatic nitrogens is 1. The molecule has 3 atom stereocenters. The zero-order chi connectivity index (χ0) is 27.3. The first kappa shape index (κ1) is 26.4. The molecule has 0 bridgehead atoms. The van der Waals surface area contributed by atoms with Crippen LogP contribution < -0.4 is 9.77 Å². The van der Waals surface area contributed by atoms with E-state index >= 15 is 0 Å². The highest BCUT2D eigenvalue weighted by Crippen LogP contribution is 2.55. The molecule has 2 aliphatic rings. The summed E-state index contributed by atoms with van der Waals surface area (Å²) in [6.45, 7) is 1.43. The summed E-state index contributed by atoms with van der Waals surface area (Å²) in [5.41, 5.74) is 0.462. The Morgan fingerprint density at radius 1 is 1.11 bits per heavy atom. The fraction of sp³-hybridized carbons (Fsp3) is 0.250. The van der Waals surface area contributed by atoms with Crippen molar-refractivity contribution in [2.75, 3.05) is 11.5 Å². The molecule has 196 valence electrons. The predicted molar refractivity (Wildman–Crippen MR) is 142 cm³/mol. The van der Waals surface area contributed by atoms with Crippen LogP contribution in [-0.2, 0) is 25.7 Å². The number of ether oxygens (including phenoxy) is 1. The Morgan fingerprint density at radius 2 is 1.82 bits per heavy atom. The largest absolute Gasteiger partial charge is 0.465 e. The Bertz CT molecular complexity index is 1550. The van der Waals surface area contributed by atoms with Gasteiger partial charge in [-0.3, -0.25) is 33.9 Å². The van der Waals surface area contributed by atoms with Crippen LogP contribution in [0.15, 0.2) is 52.3 Å². The van der Waals surface area contributed by atoms with Crippen LogP contribution in [0.3, 0.4) is 0 Å². The lowest BCUT2D eigenvalue weighted by Gasteiger charge is -2.31. The molecular weight excluding hydrogens is 577 g/mol. The van der Waals surface area contributed by atoms with E-state index in [1.807, 2.05) is 0 Å². The zero-order valence-corrected chi connectivity index (χ0v) is 22.6. The molecule has 2 amide bonds. The van der Waals surface area contributed by atoms with Gasteiger partial charge in [0.1, 0.15) is 11.8 Å². The topological polar surface area (TPSA) is 129 Å². The van der Waals surface area contributed by atoms with Crippen LogP contribution in [0.2, 0.25) is 10.0 Å². The molecule has 0 saturated carbocycles. The monoisotopic (exact) mass is 593 g/mol. The molecule has 2 aliphatic heterocycles. The summed E-state index contributed by atoms with van der Waals surface area (Å²) in [6.07, 6.45) is 0. The number of esters is 1. The lowest BCUT2D eigenvalue weighted by Crippen LogP contribution is -2.33. The van der Waals surface area contributed by atoms with Crippen LogP contribution in [-0.4, -0.2) is 39.1 Å². The first-order valence-electron chi connectivity index (χ1n) is 11.3. The number of thiazole rings is 1. The third kappa shape index (κ3) is 4.31. The van der Waals surface area contributed by atoms with E-state index in [1.165, 1.54) is 28.8 Å². The van der Waals surface area contributed by atoms with E-state index in [4.69, 9.17) is 27.9 Å². The Hall–Kier alpha value is -3.19. The Morgan fingerprint density at radius 3 is 2.47 bits per heavy atom. The van der Waals surface area contributed by atoms with Gasteiger partial charge in [0.2, 0.25) is 11.8 Å². The average Bonchev–Trinajstić information content (AvgIpc) is 3.32. The molecule has 1 fully saturated rings. The minimum absolute atomic E-state index is 0.135. The third-order valence-electron chi connectivity index (χ3n) is 6.28. The van der Waals surface area contributed by atoms with Crippen molar-refractivity contribution in [3.63, 3.8) is 0 Å². The van der Waals surface area contributed by atoms with Crippen molar-refractivity contribution in [2.24, 2.45) is 5.92 Å². The highest BCUT2D eigenvalue weighted by Gasteiger charge is 2.57. The fourth-order valence-electron chi connectivity index (χ4n) is 4.66. The molecular formula is C24H17Cl2N3O7S2. The lowest BCUT2D eigenvalue weighted by atomic mass is 9.83. The number of hydrogen-bond donors (Lipinski definition) is 0. The van der Waals surface area contributed by atoms with Gasteiger partial charge in [-0.1, -0.05) is 58.4 Å². The summed E-state index contributed by atoms with van der Waals surface area (Å²) in [6, 6.07) is 10.0. The molecule has 1 aromatic heterocycles. The SMILES string of the molecule is CCOC(=O)Cn1c2c(sc1=O)C(c1cccc(Cl)c1Cl)C1C(=O)N(c3ccc([N+](=O)[O-])cc3)C(=O)C1S2. The molecule has 1 saturated heterocycles. The van der Waals surface area contributed by atoms with Gasteiger partial charge in [0.25, 0.3) is 5.69 Å². The van der Waals surface area contributed by atoms with Gasteiger partial charge in [0.05, 0.1) is 38.2 Å². The number of nitrogens with zero attached hydrogens (tertiary/aromatic N) is 3. The van der Waals surface area contributed by atoms with Crippen LogP contribution in [0, 0.1) is 16.0 Å². The number of fused-ring (bicyclic) bond motifs is 2. The lowest BCUT2D eigenvalue weighted by molar-refractivity contribution is -0.384. The molecule has 0 radical (unpaired) electrons. The quantitative estimate of drug-likeness (QED) is 0.177. The number of imide groups is 1. The van der Waals surface area contributed by atoms with E-state index in [1.54, 1.807) is 25.1 Å². The minimum Gasteiger partial charge on any atom is -0.465 e. The van der Waals surface area contributed by atoms with Crippen molar-refractivity contribution >= 4 is 75.5 Å². The second kappa shape index (κ2) is 10.2. The van der Waals surface area contributed by atoms with Crippen molar-refractivity contribution in [1.82, 2.24) is 4.57 Å². The fourth-order valence-corrected chi connectivity index (χ4v) is 7.85. The third-order valence-corrected chi connectivity index (χ3v) is 9.71. The number of halogens is 2. The second-order valence-corrected chi connectivity index (χ2v) is 11.3. The Labute approximate surface area is 233 Å². The maximum Gasteiger partial charge on any atom is 0.326 e. The van der Waals surface area contributed by atoms with Crippen molar-refractivity contribution in [3.05, 3.63) is 82.7 Å². The van der Waals surface area contributed by atoms with E-state index in [0.29, 0.717) is 15.5 Å². The van der Waals surface area contributed by atoms with Gasteiger partial charge < -0.3 is 4.74 Å². The molecule has 0 N–H and O–H groups in total. The number of rotatable bonds is 6. The normalized spacial score (nSPS) is 20.3. The molecule has 0 aliphatic carbocycles. The number of nitro groups is 1. The van der Waals surface area contributed by atoms with Crippen molar-refractivity contribution < 1.29 is 24.0 Å². The van der Waals surface area contributed by atoms with Gasteiger partial charge in [-0.15, -0.1) is 0 Å². The van der Waals surface area contributed by atoms with Crippen LogP contribution in [0.1, 0.15) is 23.3 Å². The van der Waals surface area contributed by atoms with Gasteiger partial charge in [-0.05, 0) is 30.7 Å². The maximum atomic E-state index is 13.8. The summed E-state index contributed by atoms with van der Waals surface area (Å²) in [7, 11) is 0. The highest BCUT2D eigenvalue weighted by molar-refractivity contribution is 8.00. The molecule has 0 spiro atoms. The second-order valence-electron chi connectivity index (χ2n) is 8.40. The zero-order valence-electron chi connectivity index (χ0n) is 19.5. The molecule has 38 heavy (non-hydrogen) atoms. The smallest absolute Gasteiger partial charge is 0.326 e. The van der Waals surface area contributed by atoms with E-state index in [9.17, 15) is 29.3 Å². The maximum absolute atomic E-state index is 13.8. The number of hydrogen-bond acceptors (Lipinski definition) is 9. The number of nitro benzene ring substituents is 1. The van der Waals surface area contributed by atoms with Gasteiger partial charge in [0, 0.05) is 22.9 Å². The van der Waals surface area contributed by atoms with Crippen molar-refractivity contribution in [3.8, 4) is 0 Å². The van der Waals surface area contributed by atoms with Gasteiger partial charge >= 0.3 is 10.8 Å². The molecule has 5 rings (SSSR count). The number of benzene rings is 2. The van der Waals surface area contributed by atoms with Gasteiger partial charge in [-0.25, -0.2) is 4.90 Å².